The zero-order valence-electron chi connectivity index (χ0n) is 17.8. The maximum atomic E-state index is 12.6. The highest BCUT2D eigenvalue weighted by atomic mass is 16.4. The van der Waals surface area contributed by atoms with E-state index in [-0.39, 0.29) is 17.0 Å². The van der Waals surface area contributed by atoms with Crippen molar-refractivity contribution in [1.29, 1.82) is 0 Å². The summed E-state index contributed by atoms with van der Waals surface area (Å²) >= 11 is 0. The number of carboxylic acids is 1. The number of pyridine rings is 1. The summed E-state index contributed by atoms with van der Waals surface area (Å²) in [6.07, 6.45) is 1.50. The zero-order valence-corrected chi connectivity index (χ0v) is 17.8. The average Bonchev–Trinajstić information content (AvgIpc) is 2.77. The quantitative estimate of drug-likeness (QED) is 0.408. The van der Waals surface area contributed by atoms with Crippen LogP contribution >= 0.6 is 0 Å². The fraction of sp³-hybridized carbons (Fsp3) is 0.160. The number of nitrogens with zero attached hydrogens (tertiary/aromatic N) is 1. The lowest BCUT2D eigenvalue weighted by atomic mass is 9.94. The van der Waals surface area contributed by atoms with Gasteiger partial charge in [0.05, 0.1) is 10.9 Å². The van der Waals surface area contributed by atoms with Gasteiger partial charge in [-0.05, 0) is 71.7 Å². The Labute approximate surface area is 184 Å². The van der Waals surface area contributed by atoms with Crippen LogP contribution in [0.5, 0.6) is 0 Å². The van der Waals surface area contributed by atoms with Gasteiger partial charge in [-0.2, -0.15) is 0 Å². The molecule has 0 saturated carbocycles. The van der Waals surface area contributed by atoms with E-state index in [0.29, 0.717) is 33.7 Å². The van der Waals surface area contributed by atoms with E-state index in [1.54, 1.807) is 36.4 Å². The van der Waals surface area contributed by atoms with Gasteiger partial charge in [0, 0.05) is 24.8 Å². The van der Waals surface area contributed by atoms with Gasteiger partial charge in [0.25, 0.3) is 11.5 Å². The lowest BCUT2D eigenvalue weighted by Gasteiger charge is -2.12. The number of H-pyrrole nitrogens is 1. The Kier molecular flexibility index (Phi) is 5.75. The molecule has 0 atom stereocenters. The molecular weight excluding hydrogens is 406 g/mol. The van der Waals surface area contributed by atoms with Gasteiger partial charge in [0.15, 0.2) is 0 Å². The van der Waals surface area contributed by atoms with E-state index < -0.39 is 5.97 Å². The number of aromatic amines is 1. The molecule has 1 heterocycles. The summed E-state index contributed by atoms with van der Waals surface area (Å²) in [7, 11) is 3.88. The molecule has 0 fully saturated rings. The maximum absolute atomic E-state index is 12.6. The van der Waals surface area contributed by atoms with Crippen molar-refractivity contribution in [3.05, 3.63) is 82.3 Å². The lowest BCUT2D eigenvalue weighted by molar-refractivity contribution is 0.0699. The van der Waals surface area contributed by atoms with Crippen LogP contribution in [0.3, 0.4) is 0 Å². The van der Waals surface area contributed by atoms with Crippen LogP contribution in [0.4, 0.5) is 0 Å². The number of aromatic nitrogens is 1. The predicted octanol–water partition coefficient (Wildman–Crippen LogP) is 3.34. The van der Waals surface area contributed by atoms with Crippen molar-refractivity contribution in [3.63, 3.8) is 0 Å². The minimum absolute atomic E-state index is 0.138. The molecule has 7 heteroatoms. The number of carbonyl (C=O) groups is 2. The summed E-state index contributed by atoms with van der Waals surface area (Å²) in [6, 6.07) is 15.8. The second kappa shape index (κ2) is 8.64. The van der Waals surface area contributed by atoms with E-state index >= 15 is 0 Å². The molecule has 3 N–H and O–H groups in total. The minimum Gasteiger partial charge on any atom is -0.478 e. The number of carboxylic acid groups (broad SMARTS) is 1. The number of amides is 1. The SMILES string of the molecule is CN(C)CCNC(=O)c1cccc(-c2ccc3c(C(=O)O)cc4cc[nH]c(=O)c4c3c2)c1. The molecule has 0 aliphatic heterocycles. The number of hydrogen-bond acceptors (Lipinski definition) is 4. The molecule has 4 aromatic rings. The van der Waals surface area contributed by atoms with Crippen LogP contribution in [0.1, 0.15) is 20.7 Å². The third-order valence-electron chi connectivity index (χ3n) is 5.41. The highest BCUT2D eigenvalue weighted by Crippen LogP contribution is 2.31. The fourth-order valence-electron chi connectivity index (χ4n) is 3.80. The van der Waals surface area contributed by atoms with E-state index in [1.807, 2.05) is 31.1 Å². The molecule has 0 aliphatic rings. The summed E-state index contributed by atoms with van der Waals surface area (Å²) < 4.78 is 0. The van der Waals surface area contributed by atoms with Gasteiger partial charge in [0.2, 0.25) is 0 Å². The van der Waals surface area contributed by atoms with Crippen molar-refractivity contribution >= 4 is 33.4 Å². The molecule has 3 aromatic carbocycles. The number of aromatic carboxylic acids is 1. The largest absolute Gasteiger partial charge is 0.478 e. The molecule has 32 heavy (non-hydrogen) atoms. The Morgan fingerprint density at radius 2 is 1.78 bits per heavy atom. The minimum atomic E-state index is -1.05. The van der Waals surface area contributed by atoms with Gasteiger partial charge in [0.1, 0.15) is 0 Å². The van der Waals surface area contributed by atoms with E-state index in [0.717, 1.165) is 17.7 Å². The normalized spacial score (nSPS) is 11.2. The van der Waals surface area contributed by atoms with Crippen LogP contribution < -0.4 is 10.9 Å². The molecule has 7 nitrogen and oxygen atoms in total. The van der Waals surface area contributed by atoms with Crippen LogP contribution in [-0.2, 0) is 0 Å². The Bertz CT molecular complexity index is 1410. The van der Waals surface area contributed by atoms with Gasteiger partial charge >= 0.3 is 5.97 Å². The van der Waals surface area contributed by atoms with Gasteiger partial charge in [-0.3, -0.25) is 9.59 Å². The van der Waals surface area contributed by atoms with Crippen LogP contribution in [-0.4, -0.2) is 54.1 Å². The molecule has 4 rings (SSSR count). The smallest absolute Gasteiger partial charge is 0.336 e. The van der Waals surface area contributed by atoms with Gasteiger partial charge in [-0.1, -0.05) is 24.3 Å². The van der Waals surface area contributed by atoms with Crippen molar-refractivity contribution in [2.75, 3.05) is 27.2 Å². The Balaban J connectivity index is 1.81. The summed E-state index contributed by atoms with van der Waals surface area (Å²) in [6.45, 7) is 1.28. The first-order chi connectivity index (χ1) is 15.3. The number of rotatable bonds is 6. The van der Waals surface area contributed by atoms with E-state index in [9.17, 15) is 19.5 Å². The fourth-order valence-corrected chi connectivity index (χ4v) is 3.80. The number of carbonyl (C=O) groups excluding carboxylic acids is 1. The highest BCUT2D eigenvalue weighted by Gasteiger charge is 2.15. The number of fused-ring (bicyclic) bond motifs is 3. The van der Waals surface area contributed by atoms with Crippen LogP contribution in [0, 0.1) is 0 Å². The molecule has 0 bridgehead atoms. The molecule has 0 saturated heterocycles. The van der Waals surface area contributed by atoms with E-state index in [1.165, 1.54) is 12.3 Å². The number of benzene rings is 3. The van der Waals surface area contributed by atoms with Crippen LogP contribution in [0.2, 0.25) is 0 Å². The number of hydrogen-bond donors (Lipinski definition) is 3. The standard InChI is InChI=1S/C25H23N3O4/c1-28(2)11-10-27-23(29)18-5-3-4-15(12-18)16-6-7-19-20(13-16)22-17(8-9-26-24(22)30)14-21(19)25(31)32/h3-9,12-14H,10-11H2,1-2H3,(H,26,30)(H,27,29)(H,31,32). The summed E-state index contributed by atoms with van der Waals surface area (Å²) in [4.78, 5) is 41.5. The summed E-state index contributed by atoms with van der Waals surface area (Å²) in [5.41, 5.74) is 1.97. The Hall–Kier alpha value is -3.97. The summed E-state index contributed by atoms with van der Waals surface area (Å²) in [5.74, 6) is -1.22. The number of nitrogens with one attached hydrogen (secondary N) is 2. The second-order valence-electron chi connectivity index (χ2n) is 7.90. The Morgan fingerprint density at radius 1 is 1.00 bits per heavy atom. The monoisotopic (exact) mass is 429 g/mol. The molecule has 1 amide bonds. The molecule has 0 spiro atoms. The van der Waals surface area contributed by atoms with Crippen molar-refractivity contribution in [2.45, 2.75) is 0 Å². The molecule has 0 unspecified atom stereocenters. The van der Waals surface area contributed by atoms with Crippen LogP contribution in [0.15, 0.2) is 65.6 Å². The molecule has 0 aliphatic carbocycles. The summed E-state index contributed by atoms with van der Waals surface area (Å²) in [5, 5.41) is 14.6. The predicted molar refractivity (Wildman–Crippen MR) is 125 cm³/mol. The second-order valence-corrected chi connectivity index (χ2v) is 7.90. The van der Waals surface area contributed by atoms with Crippen molar-refractivity contribution in [3.8, 4) is 11.1 Å². The molecule has 162 valence electrons. The Morgan fingerprint density at radius 3 is 2.53 bits per heavy atom. The third kappa shape index (κ3) is 4.10. The molecule has 0 radical (unpaired) electrons. The first-order valence-corrected chi connectivity index (χ1v) is 10.2. The topological polar surface area (TPSA) is 102 Å². The van der Waals surface area contributed by atoms with Crippen molar-refractivity contribution < 1.29 is 14.7 Å². The van der Waals surface area contributed by atoms with Crippen LogP contribution in [0.25, 0.3) is 32.7 Å². The van der Waals surface area contributed by atoms with E-state index in [4.69, 9.17) is 0 Å². The average molecular weight is 429 g/mol. The van der Waals surface area contributed by atoms with Crippen molar-refractivity contribution in [2.24, 2.45) is 0 Å². The first kappa shape index (κ1) is 21.3. The lowest BCUT2D eigenvalue weighted by Crippen LogP contribution is -2.31. The first-order valence-electron chi connectivity index (χ1n) is 10.2. The van der Waals surface area contributed by atoms with E-state index in [2.05, 4.69) is 10.3 Å². The molecular formula is C25H23N3O4. The van der Waals surface area contributed by atoms with Gasteiger partial charge in [-0.25, -0.2) is 4.79 Å². The highest BCUT2D eigenvalue weighted by molar-refractivity contribution is 6.16. The van der Waals surface area contributed by atoms with Crippen molar-refractivity contribution in [1.82, 2.24) is 15.2 Å². The van der Waals surface area contributed by atoms with Gasteiger partial charge in [-0.15, -0.1) is 0 Å². The van der Waals surface area contributed by atoms with Gasteiger partial charge < -0.3 is 20.3 Å². The maximum Gasteiger partial charge on any atom is 0.336 e. The third-order valence-corrected chi connectivity index (χ3v) is 5.41. The zero-order chi connectivity index (χ0) is 22.8. The number of likely N-dealkylation sites (N-methyl/N-ethyl adjacent to an activating group) is 1. The molecule has 1 aromatic heterocycles.